The lowest BCUT2D eigenvalue weighted by Crippen LogP contribution is -2.31. The molecular weight excluding hydrogens is 356 g/mol. The molecule has 1 aromatic heterocycles. The number of azide groups is 1. The maximum absolute atomic E-state index is 11.9. The molecule has 0 bridgehead atoms. The summed E-state index contributed by atoms with van der Waals surface area (Å²) in [6.07, 6.45) is 0. The first-order valence-electron chi connectivity index (χ1n) is 5.45. The molecule has 1 aromatic rings. The summed E-state index contributed by atoms with van der Waals surface area (Å²) in [4.78, 5) is 15.3. The number of carbonyl (C=O) groups is 1. The monoisotopic (exact) mass is 366 g/mol. The number of hydrogen-bond donors (Lipinski definition) is 1. The molecule has 0 aliphatic rings. The highest BCUT2D eigenvalue weighted by Gasteiger charge is 2.24. The minimum absolute atomic E-state index is 0.257. The fraction of sp³-hybridized carbons (Fsp3) is 0.500. The molecule has 1 rings (SSSR count). The molecule has 1 heterocycles. The van der Waals surface area contributed by atoms with Gasteiger partial charge in [0.1, 0.15) is 10.4 Å². The summed E-state index contributed by atoms with van der Waals surface area (Å²) >= 11 is 10.6. The summed E-state index contributed by atoms with van der Waals surface area (Å²) in [6.45, 7) is 2.67. The Hall–Kier alpha value is -0.790. The Morgan fingerprint density at radius 3 is 3.05 bits per heavy atom. The van der Waals surface area contributed by atoms with Gasteiger partial charge >= 0.3 is 5.97 Å². The van der Waals surface area contributed by atoms with Gasteiger partial charge in [0.05, 0.1) is 6.61 Å². The Balaban J connectivity index is 2.79. The summed E-state index contributed by atoms with van der Waals surface area (Å²) in [5.41, 5.74) is 8.20. The smallest absolute Gasteiger partial charge is 0.328 e. The van der Waals surface area contributed by atoms with E-state index in [1.54, 1.807) is 13.0 Å². The predicted molar refractivity (Wildman–Crippen MR) is 78.4 cm³/mol. The van der Waals surface area contributed by atoms with Crippen molar-refractivity contribution in [3.8, 4) is 0 Å². The number of ether oxygens (including phenoxy) is 1. The van der Waals surface area contributed by atoms with E-state index >= 15 is 0 Å². The van der Waals surface area contributed by atoms with Crippen molar-refractivity contribution in [2.45, 2.75) is 13.0 Å². The van der Waals surface area contributed by atoms with E-state index in [1.807, 2.05) is 0 Å². The Morgan fingerprint density at radius 2 is 2.53 bits per heavy atom. The minimum Gasteiger partial charge on any atom is -0.465 e. The zero-order valence-corrected chi connectivity index (χ0v) is 13.3. The van der Waals surface area contributed by atoms with Crippen LogP contribution in [0.25, 0.3) is 10.4 Å². The zero-order chi connectivity index (χ0) is 14.3. The largest absolute Gasteiger partial charge is 0.465 e. The second-order valence-corrected chi connectivity index (χ2v) is 5.90. The van der Waals surface area contributed by atoms with Crippen LogP contribution in [-0.4, -0.2) is 25.7 Å². The predicted octanol–water partition coefficient (Wildman–Crippen LogP) is 3.67. The van der Waals surface area contributed by atoms with E-state index < -0.39 is 6.04 Å². The van der Waals surface area contributed by atoms with Gasteiger partial charge < -0.3 is 4.74 Å². The summed E-state index contributed by atoms with van der Waals surface area (Å²) in [6, 6.07) is 1.16. The van der Waals surface area contributed by atoms with Crippen molar-refractivity contribution in [2.75, 3.05) is 19.7 Å². The molecule has 1 unspecified atom stereocenters. The first kappa shape index (κ1) is 16.3. The molecule has 1 N–H and O–H groups in total. The summed E-state index contributed by atoms with van der Waals surface area (Å²) in [7, 11) is 0. The van der Waals surface area contributed by atoms with Gasteiger partial charge in [-0.1, -0.05) is 16.7 Å². The number of carbonyl (C=O) groups excluding carboxylic acids is 1. The van der Waals surface area contributed by atoms with E-state index in [4.69, 9.17) is 21.9 Å². The maximum atomic E-state index is 11.9. The van der Waals surface area contributed by atoms with E-state index in [0.717, 1.165) is 9.35 Å². The van der Waals surface area contributed by atoms with Crippen LogP contribution in [0, 0.1) is 0 Å². The molecule has 6 nitrogen and oxygen atoms in total. The van der Waals surface area contributed by atoms with E-state index in [1.165, 1.54) is 11.3 Å². The van der Waals surface area contributed by atoms with Gasteiger partial charge in [0.15, 0.2) is 0 Å². The quantitative estimate of drug-likeness (QED) is 0.262. The molecule has 0 radical (unpaired) electrons. The molecule has 0 spiro atoms. The highest BCUT2D eigenvalue weighted by molar-refractivity contribution is 9.10. The summed E-state index contributed by atoms with van der Waals surface area (Å²) < 4.78 is 6.31. The third kappa shape index (κ3) is 5.00. The van der Waals surface area contributed by atoms with Crippen LogP contribution in [0.5, 0.6) is 0 Å². The van der Waals surface area contributed by atoms with E-state index in [-0.39, 0.29) is 12.5 Å². The summed E-state index contributed by atoms with van der Waals surface area (Å²) in [5.74, 6) is -0.381. The van der Waals surface area contributed by atoms with Crippen LogP contribution in [0.1, 0.15) is 17.8 Å². The van der Waals surface area contributed by atoms with Gasteiger partial charge in [0.2, 0.25) is 0 Å². The van der Waals surface area contributed by atoms with Crippen LogP contribution in [0.3, 0.4) is 0 Å². The van der Waals surface area contributed by atoms with Crippen LogP contribution in [0.4, 0.5) is 0 Å². The molecule has 0 aromatic carbocycles. The number of nitrogens with zero attached hydrogens (tertiary/aromatic N) is 3. The highest BCUT2D eigenvalue weighted by atomic mass is 79.9. The number of halogens is 2. The van der Waals surface area contributed by atoms with Crippen LogP contribution in [0.15, 0.2) is 15.7 Å². The topological polar surface area (TPSA) is 87.1 Å². The molecule has 0 aliphatic carbocycles. The van der Waals surface area contributed by atoms with Crippen molar-refractivity contribution >= 4 is 44.8 Å². The Bertz CT molecular complexity index is 470. The average molecular weight is 368 g/mol. The number of nitrogens with one attached hydrogen (secondary N) is 1. The van der Waals surface area contributed by atoms with Gasteiger partial charge in [0, 0.05) is 27.4 Å². The van der Waals surface area contributed by atoms with Gasteiger partial charge in [-0.2, -0.15) is 0 Å². The zero-order valence-electron chi connectivity index (χ0n) is 10.1. The summed E-state index contributed by atoms with van der Waals surface area (Å²) in [5, 5.41) is 6.39. The lowest BCUT2D eigenvalue weighted by Gasteiger charge is -2.15. The lowest BCUT2D eigenvalue weighted by molar-refractivity contribution is -0.145. The van der Waals surface area contributed by atoms with Gasteiger partial charge in [-0.3, -0.25) is 5.32 Å². The first-order valence-corrected chi connectivity index (χ1v) is 7.44. The van der Waals surface area contributed by atoms with Gasteiger partial charge in [0.25, 0.3) is 0 Å². The molecule has 0 saturated heterocycles. The molecular formula is C10H12BrClN4O2S. The van der Waals surface area contributed by atoms with Gasteiger partial charge in [-0.15, -0.1) is 11.3 Å². The molecule has 0 amide bonds. The van der Waals surface area contributed by atoms with Crippen molar-refractivity contribution < 1.29 is 9.53 Å². The maximum Gasteiger partial charge on any atom is 0.328 e. The average Bonchev–Trinajstić information content (AvgIpc) is 2.69. The number of rotatable bonds is 7. The fourth-order valence-electron chi connectivity index (χ4n) is 1.33. The van der Waals surface area contributed by atoms with E-state index in [0.29, 0.717) is 17.5 Å². The van der Waals surface area contributed by atoms with Crippen molar-refractivity contribution in [1.82, 2.24) is 5.32 Å². The third-order valence-electron chi connectivity index (χ3n) is 2.09. The standard InChI is InChI=1S/C10H12BrClN4O2S/c1-2-18-10(17)8(14-3-4-15-16-13)7-5-6(11)9(12)19-7/h5,8,14H,2-4H2,1H3. The Morgan fingerprint density at radius 1 is 1.79 bits per heavy atom. The second kappa shape index (κ2) is 8.39. The van der Waals surface area contributed by atoms with Crippen LogP contribution in [-0.2, 0) is 9.53 Å². The van der Waals surface area contributed by atoms with Gasteiger partial charge in [-0.25, -0.2) is 4.79 Å². The molecule has 19 heavy (non-hydrogen) atoms. The molecule has 0 fully saturated rings. The number of thiophene rings is 1. The van der Waals surface area contributed by atoms with Crippen LogP contribution < -0.4 is 5.32 Å². The third-order valence-corrected chi connectivity index (χ3v) is 4.63. The fourth-order valence-corrected chi connectivity index (χ4v) is 3.14. The van der Waals surface area contributed by atoms with Crippen molar-refractivity contribution in [3.63, 3.8) is 0 Å². The number of hydrogen-bond acceptors (Lipinski definition) is 5. The molecule has 0 aliphatic heterocycles. The first-order chi connectivity index (χ1) is 9.10. The molecule has 0 saturated carbocycles. The van der Waals surface area contributed by atoms with E-state index in [9.17, 15) is 4.79 Å². The van der Waals surface area contributed by atoms with Crippen LogP contribution in [0.2, 0.25) is 4.34 Å². The molecule has 104 valence electrons. The Labute approximate surface area is 127 Å². The van der Waals surface area contributed by atoms with Gasteiger partial charge in [-0.05, 0) is 34.5 Å². The second-order valence-electron chi connectivity index (χ2n) is 3.36. The van der Waals surface area contributed by atoms with Crippen molar-refractivity contribution in [1.29, 1.82) is 0 Å². The van der Waals surface area contributed by atoms with Crippen molar-refractivity contribution in [2.24, 2.45) is 5.11 Å². The SMILES string of the molecule is CCOC(=O)C(NCCN=[N+]=[N-])c1cc(Br)c(Cl)s1. The molecule has 9 heteroatoms. The highest BCUT2D eigenvalue weighted by Crippen LogP contribution is 2.35. The van der Waals surface area contributed by atoms with Crippen LogP contribution >= 0.6 is 38.9 Å². The minimum atomic E-state index is -0.609. The van der Waals surface area contributed by atoms with Crippen molar-refractivity contribution in [3.05, 3.63) is 30.2 Å². The lowest BCUT2D eigenvalue weighted by atomic mass is 10.2. The Kier molecular flexibility index (Phi) is 7.19. The normalized spacial score (nSPS) is 11.7. The number of esters is 1. The van der Waals surface area contributed by atoms with E-state index in [2.05, 4.69) is 31.3 Å². The molecule has 1 atom stereocenters.